The first-order chi connectivity index (χ1) is 16.1. The molecule has 1 aliphatic heterocycles. The van der Waals surface area contributed by atoms with Crippen molar-refractivity contribution in [1.29, 1.82) is 0 Å². The van der Waals surface area contributed by atoms with Gasteiger partial charge in [0.15, 0.2) is 0 Å². The summed E-state index contributed by atoms with van der Waals surface area (Å²) in [5, 5.41) is 7.93. The molecule has 5 heteroatoms. The van der Waals surface area contributed by atoms with Gasteiger partial charge in [-0.15, -0.1) is 0 Å². The van der Waals surface area contributed by atoms with Gasteiger partial charge in [0.2, 0.25) is 0 Å². The molecule has 3 N–H and O–H groups in total. The zero-order valence-electron chi connectivity index (χ0n) is 18.5. The smallest absolute Gasteiger partial charge is 0.251 e. The molecule has 4 nitrogen and oxygen atoms in total. The molecule has 1 aliphatic carbocycles. The number of aryl methyl sites for hydroxylation is 1. The second kappa shape index (κ2) is 7.85. The Morgan fingerprint density at radius 2 is 1.82 bits per heavy atom. The molecule has 4 aromatic rings. The number of fused-ring (bicyclic) bond motifs is 4. The van der Waals surface area contributed by atoms with E-state index in [1.165, 1.54) is 34.3 Å². The summed E-state index contributed by atoms with van der Waals surface area (Å²) in [6.45, 7) is 2.74. The van der Waals surface area contributed by atoms with Gasteiger partial charge in [-0.2, -0.15) is 0 Å². The number of aromatic amines is 1. The second-order valence-corrected chi connectivity index (χ2v) is 9.22. The summed E-state index contributed by atoms with van der Waals surface area (Å²) in [5.41, 5.74) is 9.05. The molecule has 0 bridgehead atoms. The topological polar surface area (TPSA) is 56.9 Å². The van der Waals surface area contributed by atoms with Crippen molar-refractivity contribution in [2.45, 2.75) is 44.8 Å². The number of hydrogen-bond acceptors (Lipinski definition) is 2. The number of hydrogen-bond donors (Lipinski definition) is 3. The van der Waals surface area contributed by atoms with Crippen molar-refractivity contribution in [3.8, 4) is 11.1 Å². The minimum atomic E-state index is -0.205. The summed E-state index contributed by atoms with van der Waals surface area (Å²) in [5.74, 6) is -0.191. The van der Waals surface area contributed by atoms with Crippen molar-refractivity contribution in [1.82, 2.24) is 15.6 Å². The molecule has 2 heterocycles. The van der Waals surface area contributed by atoms with Gasteiger partial charge in [-0.05, 0) is 90.4 Å². The van der Waals surface area contributed by atoms with Crippen molar-refractivity contribution in [2.24, 2.45) is 0 Å². The molecule has 1 amide bonds. The molecule has 3 aromatic carbocycles. The van der Waals surface area contributed by atoms with E-state index in [4.69, 9.17) is 0 Å². The molecular weight excluding hydrogens is 413 g/mol. The number of aromatic nitrogens is 1. The maximum absolute atomic E-state index is 13.3. The Morgan fingerprint density at radius 1 is 1.03 bits per heavy atom. The lowest BCUT2D eigenvalue weighted by Gasteiger charge is -2.27. The minimum absolute atomic E-state index is 0.0140. The molecule has 1 aromatic heterocycles. The fourth-order valence-electron chi connectivity index (χ4n) is 5.37. The zero-order chi connectivity index (χ0) is 22.5. The molecule has 0 unspecified atom stereocenters. The van der Waals surface area contributed by atoms with Gasteiger partial charge in [0, 0.05) is 40.8 Å². The van der Waals surface area contributed by atoms with Crippen LogP contribution in [0, 0.1) is 5.82 Å². The summed E-state index contributed by atoms with van der Waals surface area (Å²) >= 11 is 0. The Bertz CT molecular complexity index is 1370. The van der Waals surface area contributed by atoms with Crippen LogP contribution in [-0.2, 0) is 13.0 Å². The Labute approximate surface area is 192 Å². The largest absolute Gasteiger partial charge is 0.357 e. The standard InChI is InChI=1S/C28H26FN3O/c1-16(17-5-9-21(29)10-6-17)31-26-4-2-3-23-24-14-19(8-12-25(24)32-27(23)26)18-7-11-22-20(13-18)15-30-28(22)33/h5-14,16,26,31-32H,2-4,15H2,1H3,(H,30,33)/t16-,26-/m1/s1. The van der Waals surface area contributed by atoms with Crippen LogP contribution in [0.2, 0.25) is 0 Å². The van der Waals surface area contributed by atoms with E-state index in [9.17, 15) is 9.18 Å². The third kappa shape index (κ3) is 3.53. The van der Waals surface area contributed by atoms with E-state index in [-0.39, 0.29) is 23.8 Å². The van der Waals surface area contributed by atoms with E-state index in [2.05, 4.69) is 46.8 Å². The van der Waals surface area contributed by atoms with Crippen LogP contribution in [0.25, 0.3) is 22.0 Å². The monoisotopic (exact) mass is 439 g/mol. The van der Waals surface area contributed by atoms with E-state index in [1.54, 1.807) is 0 Å². The predicted octanol–water partition coefficient (Wildman–Crippen LogP) is 5.95. The van der Waals surface area contributed by atoms with Crippen molar-refractivity contribution in [2.75, 3.05) is 0 Å². The van der Waals surface area contributed by atoms with E-state index >= 15 is 0 Å². The highest BCUT2D eigenvalue weighted by atomic mass is 19.1. The first-order valence-corrected chi connectivity index (χ1v) is 11.6. The summed E-state index contributed by atoms with van der Waals surface area (Å²) in [6, 6.07) is 19.8. The maximum atomic E-state index is 13.3. The van der Waals surface area contributed by atoms with E-state index in [1.807, 2.05) is 24.3 Å². The highest BCUT2D eigenvalue weighted by Gasteiger charge is 2.26. The van der Waals surface area contributed by atoms with Gasteiger partial charge in [0.05, 0.1) is 0 Å². The van der Waals surface area contributed by atoms with E-state index in [0.717, 1.165) is 47.0 Å². The number of H-pyrrole nitrogens is 1. The summed E-state index contributed by atoms with van der Waals surface area (Å²) in [7, 11) is 0. The highest BCUT2D eigenvalue weighted by molar-refractivity contribution is 5.99. The van der Waals surface area contributed by atoms with Crippen molar-refractivity contribution in [3.63, 3.8) is 0 Å². The lowest BCUT2D eigenvalue weighted by molar-refractivity contribution is 0.0965. The van der Waals surface area contributed by atoms with Gasteiger partial charge < -0.3 is 15.6 Å². The maximum Gasteiger partial charge on any atom is 0.251 e. The fraction of sp³-hybridized carbons (Fsp3) is 0.250. The Kier molecular flexibility index (Phi) is 4.80. The van der Waals surface area contributed by atoms with Gasteiger partial charge >= 0.3 is 0 Å². The van der Waals surface area contributed by atoms with E-state index in [0.29, 0.717) is 6.54 Å². The molecule has 0 spiro atoms. The van der Waals surface area contributed by atoms with Crippen LogP contribution in [0.1, 0.15) is 64.6 Å². The molecule has 33 heavy (non-hydrogen) atoms. The quantitative estimate of drug-likeness (QED) is 0.368. The summed E-state index contributed by atoms with van der Waals surface area (Å²) < 4.78 is 13.3. The Morgan fingerprint density at radius 3 is 2.67 bits per heavy atom. The average Bonchev–Trinajstić information content (AvgIpc) is 3.40. The first-order valence-electron chi connectivity index (χ1n) is 11.6. The number of rotatable bonds is 4. The molecule has 0 fully saturated rings. The third-order valence-electron chi connectivity index (χ3n) is 7.15. The van der Waals surface area contributed by atoms with Crippen LogP contribution in [0.5, 0.6) is 0 Å². The van der Waals surface area contributed by atoms with Crippen LogP contribution < -0.4 is 10.6 Å². The average molecular weight is 440 g/mol. The zero-order valence-corrected chi connectivity index (χ0v) is 18.5. The molecule has 0 saturated carbocycles. The van der Waals surface area contributed by atoms with Crippen molar-refractivity contribution >= 4 is 16.8 Å². The van der Waals surface area contributed by atoms with Crippen LogP contribution in [0.15, 0.2) is 60.7 Å². The fourth-order valence-corrected chi connectivity index (χ4v) is 5.37. The number of nitrogens with one attached hydrogen (secondary N) is 3. The number of benzene rings is 3. The van der Waals surface area contributed by atoms with Gasteiger partial charge in [-0.25, -0.2) is 4.39 Å². The number of carbonyl (C=O) groups excluding carboxylic acids is 1. The number of amides is 1. The minimum Gasteiger partial charge on any atom is -0.357 e. The molecule has 0 saturated heterocycles. The van der Waals surface area contributed by atoms with Crippen molar-refractivity contribution < 1.29 is 9.18 Å². The summed E-state index contributed by atoms with van der Waals surface area (Å²) in [6.07, 6.45) is 3.26. The SMILES string of the molecule is C[C@@H](N[C@@H]1CCCc2c1[nH]c1ccc(-c3ccc4c(c3)CNC4=O)cc21)c1ccc(F)cc1. The Hall–Kier alpha value is -3.44. The predicted molar refractivity (Wildman–Crippen MR) is 129 cm³/mol. The molecule has 2 atom stereocenters. The van der Waals surface area contributed by atoms with Crippen molar-refractivity contribution in [3.05, 3.63) is 94.4 Å². The lowest BCUT2D eigenvalue weighted by Crippen LogP contribution is -2.27. The molecular formula is C28H26FN3O. The lowest BCUT2D eigenvalue weighted by atomic mass is 9.90. The second-order valence-electron chi connectivity index (χ2n) is 9.22. The first kappa shape index (κ1) is 20.2. The van der Waals surface area contributed by atoms with Gasteiger partial charge in [0.1, 0.15) is 5.82 Å². The van der Waals surface area contributed by atoms with Crippen LogP contribution in [-0.4, -0.2) is 10.9 Å². The Balaban J connectivity index is 1.32. The van der Waals surface area contributed by atoms with Gasteiger partial charge in [-0.1, -0.05) is 24.3 Å². The number of halogens is 1. The van der Waals surface area contributed by atoms with E-state index < -0.39 is 0 Å². The molecule has 0 radical (unpaired) electrons. The molecule has 2 aliphatic rings. The normalized spacial score (nSPS) is 18.1. The van der Waals surface area contributed by atoms with Crippen LogP contribution in [0.4, 0.5) is 4.39 Å². The van der Waals surface area contributed by atoms with Crippen LogP contribution >= 0.6 is 0 Å². The van der Waals surface area contributed by atoms with Crippen LogP contribution in [0.3, 0.4) is 0 Å². The van der Waals surface area contributed by atoms with Gasteiger partial charge in [0.25, 0.3) is 5.91 Å². The summed E-state index contributed by atoms with van der Waals surface area (Å²) in [4.78, 5) is 15.6. The molecule has 166 valence electrons. The van der Waals surface area contributed by atoms with Gasteiger partial charge in [-0.3, -0.25) is 4.79 Å². The third-order valence-corrected chi connectivity index (χ3v) is 7.15. The number of carbonyl (C=O) groups is 1. The highest BCUT2D eigenvalue weighted by Crippen LogP contribution is 2.38. The molecule has 6 rings (SSSR count).